The molecule has 5 heteroatoms. The summed E-state index contributed by atoms with van der Waals surface area (Å²) >= 11 is 6.08. The van der Waals surface area contributed by atoms with Gasteiger partial charge in [-0.3, -0.25) is 4.79 Å². The number of benzene rings is 1. The molecule has 3 rings (SSSR count). The second kappa shape index (κ2) is 6.53. The topological polar surface area (TPSA) is 38.1 Å². The molecular formula is C17H20ClN3O. The number of hydrogen-bond donors (Lipinski definition) is 0. The maximum Gasteiger partial charge on any atom is 0.257 e. The Morgan fingerprint density at radius 3 is 2.77 bits per heavy atom. The van der Waals surface area contributed by atoms with Crippen LogP contribution >= 0.6 is 11.6 Å². The summed E-state index contributed by atoms with van der Waals surface area (Å²) in [5, 5.41) is 5.12. The summed E-state index contributed by atoms with van der Waals surface area (Å²) < 4.78 is 1.85. The molecule has 1 aromatic heterocycles. The van der Waals surface area contributed by atoms with Gasteiger partial charge in [0.25, 0.3) is 5.91 Å². The number of nitrogens with zero attached hydrogens (tertiary/aromatic N) is 3. The molecule has 0 bridgehead atoms. The number of amides is 1. The van der Waals surface area contributed by atoms with E-state index in [0.29, 0.717) is 5.02 Å². The summed E-state index contributed by atoms with van der Waals surface area (Å²) in [5.41, 5.74) is 2.60. The van der Waals surface area contributed by atoms with Gasteiger partial charge in [0, 0.05) is 18.1 Å². The molecule has 1 saturated heterocycles. The van der Waals surface area contributed by atoms with Gasteiger partial charge in [0.1, 0.15) is 0 Å². The maximum atomic E-state index is 12.7. The van der Waals surface area contributed by atoms with Crippen molar-refractivity contribution in [3.8, 4) is 5.69 Å². The van der Waals surface area contributed by atoms with E-state index in [1.165, 1.54) is 0 Å². The molecule has 0 saturated carbocycles. The van der Waals surface area contributed by atoms with Crippen molar-refractivity contribution in [1.82, 2.24) is 14.7 Å². The number of rotatable bonds is 4. The Kier molecular flexibility index (Phi) is 4.48. The van der Waals surface area contributed by atoms with Crippen molar-refractivity contribution >= 4 is 17.5 Å². The molecule has 2 aromatic rings. The van der Waals surface area contributed by atoms with Gasteiger partial charge in [-0.05, 0) is 37.5 Å². The first-order valence-corrected chi connectivity index (χ1v) is 8.20. The highest BCUT2D eigenvalue weighted by atomic mass is 35.5. The molecule has 0 N–H and O–H groups in total. The summed E-state index contributed by atoms with van der Waals surface area (Å²) in [5.74, 6) is 0.106. The molecule has 0 aliphatic carbocycles. The van der Waals surface area contributed by atoms with E-state index in [2.05, 4.69) is 12.0 Å². The van der Waals surface area contributed by atoms with E-state index >= 15 is 0 Å². The van der Waals surface area contributed by atoms with Crippen molar-refractivity contribution in [3.05, 3.63) is 46.7 Å². The second-order valence-corrected chi connectivity index (χ2v) is 6.08. The summed E-state index contributed by atoms with van der Waals surface area (Å²) in [6.45, 7) is 3.82. The van der Waals surface area contributed by atoms with Crippen LogP contribution < -0.4 is 0 Å². The fraction of sp³-hybridized carbons (Fsp3) is 0.412. The lowest BCUT2D eigenvalue weighted by Crippen LogP contribution is -2.28. The predicted octanol–water partition coefficient (Wildman–Crippen LogP) is 3.71. The zero-order valence-corrected chi connectivity index (χ0v) is 13.5. The smallest absolute Gasteiger partial charge is 0.257 e. The lowest BCUT2D eigenvalue weighted by molar-refractivity contribution is 0.0791. The Hall–Kier alpha value is -1.81. The molecule has 0 atom stereocenters. The van der Waals surface area contributed by atoms with Crippen molar-refractivity contribution in [3.63, 3.8) is 0 Å². The summed E-state index contributed by atoms with van der Waals surface area (Å²) in [4.78, 5) is 14.6. The van der Waals surface area contributed by atoms with E-state index < -0.39 is 0 Å². The van der Waals surface area contributed by atoms with Crippen LogP contribution in [0, 0.1) is 0 Å². The first kappa shape index (κ1) is 15.1. The van der Waals surface area contributed by atoms with Crippen molar-refractivity contribution < 1.29 is 4.79 Å². The largest absolute Gasteiger partial charge is 0.339 e. The van der Waals surface area contributed by atoms with Gasteiger partial charge in [-0.2, -0.15) is 5.10 Å². The molecule has 0 spiro atoms. The van der Waals surface area contributed by atoms with Crippen molar-refractivity contribution in [2.45, 2.75) is 32.6 Å². The minimum atomic E-state index is 0.106. The van der Waals surface area contributed by atoms with E-state index in [9.17, 15) is 4.79 Å². The molecule has 22 heavy (non-hydrogen) atoms. The van der Waals surface area contributed by atoms with Gasteiger partial charge in [0.05, 0.1) is 23.1 Å². The highest BCUT2D eigenvalue weighted by Gasteiger charge is 2.24. The molecule has 1 aliphatic heterocycles. The van der Waals surface area contributed by atoms with Gasteiger partial charge in [0.15, 0.2) is 0 Å². The van der Waals surface area contributed by atoms with Gasteiger partial charge in [0.2, 0.25) is 0 Å². The Morgan fingerprint density at radius 1 is 1.32 bits per heavy atom. The summed E-state index contributed by atoms with van der Waals surface area (Å²) in [6, 6.07) is 7.57. The summed E-state index contributed by atoms with van der Waals surface area (Å²) in [7, 11) is 0. The quantitative estimate of drug-likeness (QED) is 0.862. The van der Waals surface area contributed by atoms with Gasteiger partial charge < -0.3 is 4.90 Å². The average Bonchev–Trinajstić information content (AvgIpc) is 3.17. The predicted molar refractivity (Wildman–Crippen MR) is 87.7 cm³/mol. The number of halogens is 1. The maximum absolute atomic E-state index is 12.7. The van der Waals surface area contributed by atoms with Gasteiger partial charge in [-0.1, -0.05) is 31.0 Å². The van der Waals surface area contributed by atoms with Crippen LogP contribution in [0.15, 0.2) is 30.5 Å². The van der Waals surface area contributed by atoms with E-state index in [-0.39, 0.29) is 5.91 Å². The highest BCUT2D eigenvalue weighted by Crippen LogP contribution is 2.22. The first-order valence-electron chi connectivity index (χ1n) is 7.83. The zero-order chi connectivity index (χ0) is 15.5. The third-order valence-corrected chi connectivity index (χ3v) is 4.27. The molecule has 116 valence electrons. The normalized spacial score (nSPS) is 14.5. The van der Waals surface area contributed by atoms with Crippen LogP contribution in [0.2, 0.25) is 5.02 Å². The molecule has 1 amide bonds. The number of carbonyl (C=O) groups excluding carboxylic acids is 1. The van der Waals surface area contributed by atoms with Gasteiger partial charge in [-0.15, -0.1) is 0 Å². The fourth-order valence-corrected chi connectivity index (χ4v) is 3.14. The van der Waals surface area contributed by atoms with Crippen molar-refractivity contribution in [1.29, 1.82) is 0 Å². The molecular weight excluding hydrogens is 298 g/mol. The number of hydrogen-bond acceptors (Lipinski definition) is 2. The van der Waals surface area contributed by atoms with Gasteiger partial charge in [-0.25, -0.2) is 4.68 Å². The molecule has 0 unspecified atom stereocenters. The third kappa shape index (κ3) is 2.88. The lowest BCUT2D eigenvalue weighted by Gasteiger charge is -2.16. The standard InChI is InChI=1S/C17H20ClN3O/c1-2-6-16-15(17(22)20-9-3-4-10-20)12-19-21(16)14-8-5-7-13(18)11-14/h5,7-8,11-12H,2-4,6,9-10H2,1H3. The van der Waals surface area contributed by atoms with E-state index in [1.54, 1.807) is 6.20 Å². The van der Waals surface area contributed by atoms with Crippen LogP contribution in [0.3, 0.4) is 0 Å². The Balaban J connectivity index is 1.99. The van der Waals surface area contributed by atoms with Crippen LogP contribution in [0.25, 0.3) is 5.69 Å². The second-order valence-electron chi connectivity index (χ2n) is 5.65. The number of carbonyl (C=O) groups is 1. The van der Waals surface area contributed by atoms with Crippen molar-refractivity contribution in [2.24, 2.45) is 0 Å². The van der Waals surface area contributed by atoms with Crippen LogP contribution in [0.4, 0.5) is 0 Å². The van der Waals surface area contributed by atoms with E-state index in [4.69, 9.17) is 11.6 Å². The summed E-state index contributed by atoms with van der Waals surface area (Å²) in [6.07, 6.45) is 5.68. The third-order valence-electron chi connectivity index (χ3n) is 4.03. The van der Waals surface area contributed by atoms with E-state index in [1.807, 2.05) is 33.8 Å². The molecule has 1 aliphatic rings. The average molecular weight is 318 g/mol. The van der Waals surface area contributed by atoms with Crippen LogP contribution in [0.1, 0.15) is 42.2 Å². The lowest BCUT2D eigenvalue weighted by atomic mass is 10.1. The Bertz CT molecular complexity index is 674. The van der Waals surface area contributed by atoms with Crippen LogP contribution in [-0.2, 0) is 6.42 Å². The molecule has 0 radical (unpaired) electrons. The molecule has 1 aromatic carbocycles. The monoisotopic (exact) mass is 317 g/mol. The first-order chi connectivity index (χ1) is 10.7. The number of likely N-dealkylation sites (tertiary alicyclic amines) is 1. The highest BCUT2D eigenvalue weighted by molar-refractivity contribution is 6.30. The van der Waals surface area contributed by atoms with Gasteiger partial charge >= 0.3 is 0 Å². The van der Waals surface area contributed by atoms with E-state index in [0.717, 1.165) is 55.7 Å². The minimum absolute atomic E-state index is 0.106. The van der Waals surface area contributed by atoms with Crippen molar-refractivity contribution in [2.75, 3.05) is 13.1 Å². The number of aromatic nitrogens is 2. The Morgan fingerprint density at radius 2 is 2.09 bits per heavy atom. The SMILES string of the molecule is CCCc1c(C(=O)N2CCCC2)cnn1-c1cccc(Cl)c1. The Labute approximate surface area is 135 Å². The zero-order valence-electron chi connectivity index (χ0n) is 12.8. The fourth-order valence-electron chi connectivity index (χ4n) is 2.95. The molecule has 1 fully saturated rings. The molecule has 2 heterocycles. The molecule has 4 nitrogen and oxygen atoms in total. The minimum Gasteiger partial charge on any atom is -0.339 e. The van der Waals surface area contributed by atoms with Crippen LogP contribution in [0.5, 0.6) is 0 Å². The van der Waals surface area contributed by atoms with Crippen LogP contribution in [-0.4, -0.2) is 33.7 Å².